The van der Waals surface area contributed by atoms with Crippen LogP contribution in [0.2, 0.25) is 0 Å². The Morgan fingerprint density at radius 1 is 0.900 bits per heavy atom. The summed E-state index contributed by atoms with van der Waals surface area (Å²) in [5.74, 6) is 3.33. The molecular formula is C10H18. The van der Waals surface area contributed by atoms with E-state index >= 15 is 0 Å². The molecule has 0 nitrogen and oxygen atoms in total. The molecule has 0 heterocycles. The number of hydrogen-bond acceptors (Lipinski definition) is 0. The van der Waals surface area contributed by atoms with Crippen LogP contribution in [0, 0.1) is 17.8 Å². The quantitative estimate of drug-likeness (QED) is 0.482. The van der Waals surface area contributed by atoms with E-state index in [9.17, 15) is 0 Å². The number of rotatable bonds is 0. The maximum atomic E-state index is 2.43. The van der Waals surface area contributed by atoms with Crippen molar-refractivity contribution in [3.8, 4) is 0 Å². The molecule has 0 aliphatic heterocycles. The van der Waals surface area contributed by atoms with E-state index in [2.05, 4.69) is 6.92 Å². The predicted molar refractivity (Wildman–Crippen MR) is 43.8 cm³/mol. The molecule has 0 spiro atoms. The summed E-state index contributed by atoms with van der Waals surface area (Å²) in [7, 11) is 0. The molecule has 2 aliphatic carbocycles. The molecule has 2 saturated carbocycles. The zero-order chi connectivity index (χ0) is 6.97. The van der Waals surface area contributed by atoms with Crippen molar-refractivity contribution in [3.05, 3.63) is 0 Å². The first-order chi connectivity index (χ1) is 4.86. The molecule has 2 aliphatic rings. The van der Waals surface area contributed by atoms with Crippen molar-refractivity contribution in [2.24, 2.45) is 17.8 Å². The van der Waals surface area contributed by atoms with Gasteiger partial charge in [0.25, 0.3) is 0 Å². The summed E-state index contributed by atoms with van der Waals surface area (Å²) in [5.41, 5.74) is 0. The van der Waals surface area contributed by atoms with E-state index in [1.807, 2.05) is 0 Å². The third-order valence-electron chi connectivity index (χ3n) is 3.55. The van der Waals surface area contributed by atoms with Crippen molar-refractivity contribution in [2.45, 2.75) is 45.4 Å². The molecule has 0 bridgehead atoms. The van der Waals surface area contributed by atoms with E-state index in [4.69, 9.17) is 0 Å². The molecule has 2 rings (SSSR count). The second-order valence-electron chi connectivity index (χ2n) is 4.37. The van der Waals surface area contributed by atoms with Crippen LogP contribution < -0.4 is 0 Å². The molecule has 0 radical (unpaired) electrons. The van der Waals surface area contributed by atoms with Crippen LogP contribution in [0.4, 0.5) is 0 Å². The monoisotopic (exact) mass is 138 g/mol. The second kappa shape index (κ2) is 2.56. The van der Waals surface area contributed by atoms with Gasteiger partial charge in [0.1, 0.15) is 0 Å². The third-order valence-corrected chi connectivity index (χ3v) is 3.55. The summed E-state index contributed by atoms with van der Waals surface area (Å²) in [6, 6.07) is 0. The van der Waals surface area contributed by atoms with Crippen LogP contribution >= 0.6 is 0 Å². The molecule has 0 amide bonds. The Morgan fingerprint density at radius 3 is 2.60 bits per heavy atom. The molecule has 0 unspecified atom stereocenters. The van der Waals surface area contributed by atoms with E-state index in [0.29, 0.717) is 0 Å². The standard InChI is InChI=1S/C10H18/c1-8-5-6-9-3-2-4-10(9)7-8/h8-10H,2-7H2,1H3/t8-,9-,10-/m1/s1. The summed E-state index contributed by atoms with van der Waals surface area (Å²) in [4.78, 5) is 0. The molecule has 0 aromatic carbocycles. The van der Waals surface area contributed by atoms with Crippen molar-refractivity contribution in [1.82, 2.24) is 0 Å². The highest BCUT2D eigenvalue weighted by Gasteiger charge is 2.31. The van der Waals surface area contributed by atoms with E-state index in [0.717, 1.165) is 17.8 Å². The van der Waals surface area contributed by atoms with Crippen molar-refractivity contribution < 1.29 is 0 Å². The van der Waals surface area contributed by atoms with Crippen molar-refractivity contribution in [2.75, 3.05) is 0 Å². The third kappa shape index (κ3) is 1.09. The fourth-order valence-electron chi connectivity index (χ4n) is 2.94. The minimum atomic E-state index is 1.04. The van der Waals surface area contributed by atoms with Gasteiger partial charge in [-0.1, -0.05) is 32.6 Å². The van der Waals surface area contributed by atoms with Crippen LogP contribution in [-0.2, 0) is 0 Å². The van der Waals surface area contributed by atoms with Crippen LogP contribution in [0.5, 0.6) is 0 Å². The summed E-state index contributed by atoms with van der Waals surface area (Å²) in [6.07, 6.45) is 9.24. The molecule has 0 heteroatoms. The lowest BCUT2D eigenvalue weighted by molar-refractivity contribution is 0.220. The lowest BCUT2D eigenvalue weighted by atomic mass is 9.77. The van der Waals surface area contributed by atoms with Gasteiger partial charge in [-0.3, -0.25) is 0 Å². The average Bonchev–Trinajstić information content (AvgIpc) is 2.33. The molecule has 2 fully saturated rings. The summed E-state index contributed by atoms with van der Waals surface area (Å²) < 4.78 is 0. The molecule has 0 aromatic heterocycles. The van der Waals surface area contributed by atoms with Gasteiger partial charge in [0.05, 0.1) is 0 Å². The van der Waals surface area contributed by atoms with E-state index in [-0.39, 0.29) is 0 Å². The Balaban J connectivity index is 1.96. The van der Waals surface area contributed by atoms with Crippen LogP contribution in [-0.4, -0.2) is 0 Å². The smallest absolute Gasteiger partial charge is 0.0383 e. The highest BCUT2D eigenvalue weighted by molar-refractivity contribution is 4.83. The van der Waals surface area contributed by atoms with Crippen molar-refractivity contribution in [3.63, 3.8) is 0 Å². The first-order valence-corrected chi connectivity index (χ1v) is 4.86. The van der Waals surface area contributed by atoms with Crippen LogP contribution in [0.15, 0.2) is 0 Å². The van der Waals surface area contributed by atoms with Crippen LogP contribution in [0.3, 0.4) is 0 Å². The maximum absolute atomic E-state index is 2.43. The molecule has 58 valence electrons. The SMILES string of the molecule is C[C@@H]1CC[C@H]2CCC[C@@H]2C1. The molecular weight excluding hydrogens is 120 g/mol. The largest absolute Gasteiger partial charge is 0.0625 e. The molecule has 0 aromatic rings. The average molecular weight is 138 g/mol. The van der Waals surface area contributed by atoms with Crippen molar-refractivity contribution >= 4 is 0 Å². The van der Waals surface area contributed by atoms with Gasteiger partial charge < -0.3 is 0 Å². The van der Waals surface area contributed by atoms with Gasteiger partial charge in [-0.25, -0.2) is 0 Å². The van der Waals surface area contributed by atoms with E-state index in [1.54, 1.807) is 25.7 Å². The molecule has 0 saturated heterocycles. The van der Waals surface area contributed by atoms with Gasteiger partial charge in [0, 0.05) is 0 Å². The van der Waals surface area contributed by atoms with Crippen molar-refractivity contribution in [1.29, 1.82) is 0 Å². The number of fused-ring (bicyclic) bond motifs is 1. The van der Waals surface area contributed by atoms with Crippen LogP contribution in [0.1, 0.15) is 45.4 Å². The first-order valence-electron chi connectivity index (χ1n) is 4.86. The minimum absolute atomic E-state index is 1.04. The summed E-state index contributed by atoms with van der Waals surface area (Å²) in [6.45, 7) is 2.43. The van der Waals surface area contributed by atoms with Gasteiger partial charge in [-0.2, -0.15) is 0 Å². The molecule has 3 atom stereocenters. The second-order valence-corrected chi connectivity index (χ2v) is 4.37. The lowest BCUT2D eigenvalue weighted by Gasteiger charge is -2.29. The number of hydrogen-bond donors (Lipinski definition) is 0. The van der Waals surface area contributed by atoms with E-state index < -0.39 is 0 Å². The van der Waals surface area contributed by atoms with Gasteiger partial charge in [0.2, 0.25) is 0 Å². The first kappa shape index (κ1) is 6.69. The molecule has 10 heavy (non-hydrogen) atoms. The Morgan fingerprint density at radius 2 is 1.70 bits per heavy atom. The highest BCUT2D eigenvalue weighted by atomic mass is 14.4. The zero-order valence-electron chi connectivity index (χ0n) is 6.97. The van der Waals surface area contributed by atoms with Gasteiger partial charge >= 0.3 is 0 Å². The van der Waals surface area contributed by atoms with Crippen LogP contribution in [0.25, 0.3) is 0 Å². The Kier molecular flexibility index (Phi) is 1.71. The van der Waals surface area contributed by atoms with Gasteiger partial charge in [-0.15, -0.1) is 0 Å². The summed E-state index contributed by atoms with van der Waals surface area (Å²) >= 11 is 0. The minimum Gasteiger partial charge on any atom is -0.0625 e. The van der Waals surface area contributed by atoms with Gasteiger partial charge in [0.15, 0.2) is 0 Å². The Bertz CT molecular complexity index is 117. The summed E-state index contributed by atoms with van der Waals surface area (Å²) in [5, 5.41) is 0. The predicted octanol–water partition coefficient (Wildman–Crippen LogP) is 3.22. The Labute approximate surface area is 64.0 Å². The fraction of sp³-hybridized carbons (Fsp3) is 1.00. The maximum Gasteiger partial charge on any atom is -0.0383 e. The van der Waals surface area contributed by atoms with E-state index in [1.165, 1.54) is 12.8 Å². The topological polar surface area (TPSA) is 0 Å². The normalized spacial score (nSPS) is 47.1. The van der Waals surface area contributed by atoms with Gasteiger partial charge in [-0.05, 0) is 30.6 Å². The molecule has 0 N–H and O–H groups in total. The highest BCUT2D eigenvalue weighted by Crippen LogP contribution is 2.43. The zero-order valence-corrected chi connectivity index (χ0v) is 6.97. The Hall–Kier alpha value is 0. The lowest BCUT2D eigenvalue weighted by Crippen LogP contribution is -2.18. The fourth-order valence-corrected chi connectivity index (χ4v) is 2.94.